The Morgan fingerprint density at radius 3 is 2.28 bits per heavy atom. The van der Waals surface area contributed by atoms with E-state index >= 15 is 0 Å². The molecule has 0 aromatic rings. The fourth-order valence-electron chi connectivity index (χ4n) is 1.19. The molecule has 0 unspecified atom stereocenters. The van der Waals surface area contributed by atoms with Crippen molar-refractivity contribution in [3.05, 3.63) is 0 Å². The first-order chi connectivity index (χ1) is 8.29. The number of hydrogen-bond donors (Lipinski definition) is 0. The van der Waals surface area contributed by atoms with Gasteiger partial charge in [-0.2, -0.15) is 13.2 Å². The highest BCUT2D eigenvalue weighted by Crippen LogP contribution is 2.21. The van der Waals surface area contributed by atoms with E-state index in [2.05, 4.69) is 9.57 Å². The Bertz CT molecular complexity index is 339. The van der Waals surface area contributed by atoms with E-state index in [1.807, 2.05) is 0 Å². The SMILES string of the molecule is O=C(OCCCC(F)(F)F)ON1C(=O)CCC1=O. The number of amides is 2. The predicted molar refractivity (Wildman–Crippen MR) is 48.8 cm³/mol. The molecule has 0 radical (unpaired) electrons. The minimum absolute atomic E-state index is 0.0693. The van der Waals surface area contributed by atoms with Gasteiger partial charge in [0.2, 0.25) is 0 Å². The van der Waals surface area contributed by atoms with Gasteiger partial charge in [0.05, 0.1) is 6.61 Å². The van der Waals surface area contributed by atoms with E-state index in [1.165, 1.54) is 0 Å². The number of ether oxygens (including phenoxy) is 1. The molecule has 1 heterocycles. The van der Waals surface area contributed by atoms with Gasteiger partial charge in [-0.05, 0) is 6.42 Å². The van der Waals surface area contributed by atoms with Crippen LogP contribution in [0.2, 0.25) is 0 Å². The van der Waals surface area contributed by atoms with Crippen molar-refractivity contribution in [2.45, 2.75) is 31.9 Å². The van der Waals surface area contributed by atoms with Gasteiger partial charge in [0.25, 0.3) is 11.8 Å². The standard InChI is InChI=1S/C9H10F3NO5/c10-9(11,12)4-1-5-17-8(16)18-13-6(14)2-3-7(13)15/h1-5H2. The lowest BCUT2D eigenvalue weighted by Crippen LogP contribution is -2.32. The van der Waals surface area contributed by atoms with E-state index in [0.29, 0.717) is 0 Å². The van der Waals surface area contributed by atoms with Crippen LogP contribution in [0, 0.1) is 0 Å². The summed E-state index contributed by atoms with van der Waals surface area (Å²) >= 11 is 0. The summed E-state index contributed by atoms with van der Waals surface area (Å²) in [6, 6.07) is 0. The summed E-state index contributed by atoms with van der Waals surface area (Å²) in [5, 5.41) is 0.256. The number of rotatable bonds is 4. The van der Waals surface area contributed by atoms with Crippen LogP contribution in [0.4, 0.5) is 18.0 Å². The van der Waals surface area contributed by atoms with Crippen LogP contribution in [0.15, 0.2) is 0 Å². The number of imide groups is 1. The maximum absolute atomic E-state index is 11.7. The van der Waals surface area contributed by atoms with E-state index < -0.39 is 43.6 Å². The molecule has 0 aromatic heterocycles. The molecule has 0 atom stereocenters. The normalized spacial score (nSPS) is 16.1. The first-order valence-corrected chi connectivity index (χ1v) is 5.07. The van der Waals surface area contributed by atoms with Gasteiger partial charge in [0.1, 0.15) is 0 Å². The molecule has 0 bridgehead atoms. The van der Waals surface area contributed by atoms with Crippen molar-refractivity contribution in [1.82, 2.24) is 5.06 Å². The lowest BCUT2D eigenvalue weighted by molar-refractivity contribution is -0.177. The van der Waals surface area contributed by atoms with Crippen LogP contribution in [0.5, 0.6) is 0 Å². The van der Waals surface area contributed by atoms with Gasteiger partial charge < -0.3 is 4.74 Å². The zero-order valence-corrected chi connectivity index (χ0v) is 9.16. The molecule has 1 rings (SSSR count). The summed E-state index contributed by atoms with van der Waals surface area (Å²) in [7, 11) is 0. The molecule has 18 heavy (non-hydrogen) atoms. The summed E-state index contributed by atoms with van der Waals surface area (Å²) in [5.74, 6) is -1.38. The summed E-state index contributed by atoms with van der Waals surface area (Å²) in [4.78, 5) is 37.2. The number of alkyl halides is 3. The smallest absolute Gasteiger partial charge is 0.433 e. The van der Waals surface area contributed by atoms with Gasteiger partial charge >= 0.3 is 12.3 Å². The number of hydroxylamine groups is 2. The van der Waals surface area contributed by atoms with Gasteiger partial charge in [0, 0.05) is 19.3 Å². The Labute approximate surface area is 99.6 Å². The van der Waals surface area contributed by atoms with Crippen LogP contribution in [0.1, 0.15) is 25.7 Å². The maximum atomic E-state index is 11.7. The van der Waals surface area contributed by atoms with Crippen LogP contribution < -0.4 is 0 Å². The van der Waals surface area contributed by atoms with Crippen molar-refractivity contribution in [2.75, 3.05) is 6.61 Å². The second-order valence-electron chi connectivity index (χ2n) is 3.49. The van der Waals surface area contributed by atoms with Crippen LogP contribution >= 0.6 is 0 Å². The molecule has 0 aliphatic carbocycles. The second-order valence-corrected chi connectivity index (χ2v) is 3.49. The molecule has 1 aliphatic rings. The van der Waals surface area contributed by atoms with Crippen molar-refractivity contribution in [1.29, 1.82) is 0 Å². The fourth-order valence-corrected chi connectivity index (χ4v) is 1.19. The average molecular weight is 269 g/mol. The highest BCUT2D eigenvalue weighted by molar-refractivity contribution is 6.01. The third kappa shape index (κ3) is 4.60. The Morgan fingerprint density at radius 1 is 1.22 bits per heavy atom. The lowest BCUT2D eigenvalue weighted by atomic mass is 10.3. The summed E-state index contributed by atoms with van der Waals surface area (Å²) in [6.45, 7) is -0.505. The van der Waals surface area contributed by atoms with E-state index in [0.717, 1.165) is 0 Å². The van der Waals surface area contributed by atoms with Gasteiger partial charge in [-0.3, -0.25) is 14.4 Å². The second kappa shape index (κ2) is 5.69. The van der Waals surface area contributed by atoms with Gasteiger partial charge in [-0.1, -0.05) is 5.06 Å². The van der Waals surface area contributed by atoms with Crippen molar-refractivity contribution >= 4 is 18.0 Å². The number of halogens is 3. The lowest BCUT2D eigenvalue weighted by Gasteiger charge is -2.12. The highest BCUT2D eigenvalue weighted by atomic mass is 19.4. The largest absolute Gasteiger partial charge is 0.533 e. The van der Waals surface area contributed by atoms with E-state index in [-0.39, 0.29) is 17.9 Å². The average Bonchev–Trinajstić information content (AvgIpc) is 2.55. The quantitative estimate of drug-likeness (QED) is 0.440. The summed E-state index contributed by atoms with van der Waals surface area (Å²) in [6.07, 6.45) is -7.35. The summed E-state index contributed by atoms with van der Waals surface area (Å²) < 4.78 is 39.5. The molecule has 1 aliphatic heterocycles. The maximum Gasteiger partial charge on any atom is 0.533 e. The number of nitrogens with zero attached hydrogens (tertiary/aromatic N) is 1. The van der Waals surface area contributed by atoms with Gasteiger partial charge in [-0.25, -0.2) is 4.79 Å². The van der Waals surface area contributed by atoms with Crippen LogP contribution in [0.25, 0.3) is 0 Å². The van der Waals surface area contributed by atoms with Crippen LogP contribution in [0.3, 0.4) is 0 Å². The Balaban J connectivity index is 2.22. The van der Waals surface area contributed by atoms with E-state index in [1.54, 1.807) is 0 Å². The molecule has 0 N–H and O–H groups in total. The minimum atomic E-state index is -4.33. The first-order valence-electron chi connectivity index (χ1n) is 5.07. The zero-order chi connectivity index (χ0) is 13.8. The molecule has 0 saturated carbocycles. The Morgan fingerprint density at radius 2 is 1.78 bits per heavy atom. The number of carbonyl (C=O) groups is 3. The molecule has 9 heteroatoms. The molecule has 6 nitrogen and oxygen atoms in total. The van der Waals surface area contributed by atoms with Crippen molar-refractivity contribution in [3.63, 3.8) is 0 Å². The molecule has 102 valence electrons. The van der Waals surface area contributed by atoms with Gasteiger partial charge in [0.15, 0.2) is 0 Å². The molecule has 1 fully saturated rings. The fraction of sp³-hybridized carbons (Fsp3) is 0.667. The predicted octanol–water partition coefficient (Wildman–Crippen LogP) is 1.55. The Hall–Kier alpha value is -1.80. The third-order valence-electron chi connectivity index (χ3n) is 2.00. The molecule has 0 spiro atoms. The monoisotopic (exact) mass is 269 g/mol. The van der Waals surface area contributed by atoms with Crippen molar-refractivity contribution in [2.24, 2.45) is 0 Å². The van der Waals surface area contributed by atoms with Crippen LogP contribution in [-0.4, -0.2) is 35.8 Å². The van der Waals surface area contributed by atoms with Gasteiger partial charge in [-0.15, -0.1) is 0 Å². The molecule has 2 amide bonds. The minimum Gasteiger partial charge on any atom is -0.433 e. The van der Waals surface area contributed by atoms with E-state index in [4.69, 9.17) is 0 Å². The van der Waals surface area contributed by atoms with Crippen molar-refractivity contribution < 1.29 is 37.1 Å². The molecular formula is C9H10F3NO5. The number of carbonyl (C=O) groups excluding carboxylic acids is 3. The molecule has 1 saturated heterocycles. The molecular weight excluding hydrogens is 259 g/mol. The number of hydrogen-bond acceptors (Lipinski definition) is 5. The zero-order valence-electron chi connectivity index (χ0n) is 9.16. The van der Waals surface area contributed by atoms with Crippen molar-refractivity contribution in [3.8, 4) is 0 Å². The summed E-state index contributed by atoms with van der Waals surface area (Å²) in [5.41, 5.74) is 0. The topological polar surface area (TPSA) is 72.9 Å². The van der Waals surface area contributed by atoms with Crippen LogP contribution in [-0.2, 0) is 19.2 Å². The highest BCUT2D eigenvalue weighted by Gasteiger charge is 2.33. The Kier molecular flexibility index (Phi) is 4.51. The van der Waals surface area contributed by atoms with E-state index in [9.17, 15) is 27.6 Å². The first kappa shape index (κ1) is 14.3. The molecule has 0 aromatic carbocycles. The third-order valence-corrected chi connectivity index (χ3v) is 2.00.